The van der Waals surface area contributed by atoms with Gasteiger partial charge in [0.05, 0.1) is 0 Å². The van der Waals surface area contributed by atoms with E-state index in [4.69, 9.17) is 0 Å². The molecule has 1 heterocycles. The Bertz CT molecular complexity index is 2810. The average molecular weight is 639 g/mol. The first-order valence-electron chi connectivity index (χ1n) is 16.8. The van der Waals surface area contributed by atoms with Crippen LogP contribution in [0.15, 0.2) is 182 Å². The van der Waals surface area contributed by atoms with Crippen molar-refractivity contribution in [1.29, 1.82) is 0 Å². The van der Waals surface area contributed by atoms with Crippen molar-refractivity contribution in [2.75, 3.05) is 0 Å². The molecule has 9 aromatic carbocycles. The van der Waals surface area contributed by atoms with Gasteiger partial charge in [-0.1, -0.05) is 158 Å². The molecule has 0 saturated heterocycles. The van der Waals surface area contributed by atoms with Crippen molar-refractivity contribution in [3.63, 3.8) is 0 Å². The molecule has 0 amide bonds. The maximum absolute atomic E-state index is 2.41. The summed E-state index contributed by atoms with van der Waals surface area (Å²) < 4.78 is 2.67. The van der Waals surface area contributed by atoms with E-state index in [0.29, 0.717) is 0 Å². The lowest BCUT2D eigenvalue weighted by Gasteiger charge is -2.18. The molecule has 0 radical (unpaired) electrons. The van der Waals surface area contributed by atoms with Gasteiger partial charge in [-0.25, -0.2) is 0 Å². The highest BCUT2D eigenvalue weighted by molar-refractivity contribution is 7.25. The molecule has 0 aliphatic rings. The van der Waals surface area contributed by atoms with E-state index in [1.165, 1.54) is 97.0 Å². The molecule has 49 heavy (non-hydrogen) atoms. The van der Waals surface area contributed by atoms with Gasteiger partial charge < -0.3 is 0 Å². The van der Waals surface area contributed by atoms with Crippen LogP contribution in [-0.2, 0) is 0 Å². The molecule has 0 unspecified atom stereocenters. The highest BCUT2D eigenvalue weighted by Crippen LogP contribution is 2.46. The zero-order chi connectivity index (χ0) is 32.3. The molecule has 0 aliphatic heterocycles. The summed E-state index contributed by atoms with van der Waals surface area (Å²) in [6.07, 6.45) is 0. The van der Waals surface area contributed by atoms with Crippen molar-refractivity contribution in [3.05, 3.63) is 182 Å². The molecule has 0 atom stereocenters. The molecule has 1 aromatic heterocycles. The van der Waals surface area contributed by atoms with Gasteiger partial charge in [0.25, 0.3) is 0 Å². The predicted molar refractivity (Wildman–Crippen MR) is 214 cm³/mol. The molecule has 0 fully saturated rings. The van der Waals surface area contributed by atoms with Crippen LogP contribution >= 0.6 is 11.3 Å². The van der Waals surface area contributed by atoms with E-state index in [2.05, 4.69) is 182 Å². The van der Waals surface area contributed by atoms with Crippen LogP contribution in [0, 0.1) is 0 Å². The Kier molecular flexibility index (Phi) is 6.47. The number of hydrogen-bond acceptors (Lipinski definition) is 1. The van der Waals surface area contributed by atoms with Crippen molar-refractivity contribution < 1.29 is 0 Å². The van der Waals surface area contributed by atoms with E-state index in [1.807, 2.05) is 11.3 Å². The highest BCUT2D eigenvalue weighted by Gasteiger charge is 2.18. The SMILES string of the molecule is c1ccc(-c2ccc3ccccc3c2)c(-c2ccc(-c3c4ccccc4c(-c4ccc5sc6ccccc6c5c4)c4ccccc34)cc2)c1. The molecule has 10 rings (SSSR count). The van der Waals surface area contributed by atoms with Crippen LogP contribution in [0.25, 0.3) is 97.0 Å². The largest absolute Gasteiger partial charge is 0.135 e. The van der Waals surface area contributed by atoms with Gasteiger partial charge in [0.2, 0.25) is 0 Å². The zero-order valence-electron chi connectivity index (χ0n) is 26.7. The second kappa shape index (κ2) is 11.3. The van der Waals surface area contributed by atoms with E-state index < -0.39 is 0 Å². The highest BCUT2D eigenvalue weighted by atomic mass is 32.1. The molecule has 10 aromatic rings. The van der Waals surface area contributed by atoms with Gasteiger partial charge in [0.1, 0.15) is 0 Å². The molecule has 0 N–H and O–H groups in total. The van der Waals surface area contributed by atoms with Gasteiger partial charge >= 0.3 is 0 Å². The summed E-state index contributed by atoms with van der Waals surface area (Å²) in [7, 11) is 0. The molecule has 0 saturated carbocycles. The first-order valence-corrected chi connectivity index (χ1v) is 17.7. The maximum atomic E-state index is 2.41. The Hall–Kier alpha value is -6.02. The van der Waals surface area contributed by atoms with Gasteiger partial charge in [0, 0.05) is 20.2 Å². The summed E-state index contributed by atoms with van der Waals surface area (Å²) in [6, 6.07) is 67.0. The number of fused-ring (bicyclic) bond motifs is 6. The predicted octanol–water partition coefficient (Wildman–Crippen LogP) is 14.2. The van der Waals surface area contributed by atoms with Crippen molar-refractivity contribution in [1.82, 2.24) is 0 Å². The molecule has 0 aliphatic carbocycles. The fraction of sp³-hybridized carbons (Fsp3) is 0. The second-order valence-electron chi connectivity index (χ2n) is 12.8. The summed E-state index contributed by atoms with van der Waals surface area (Å²) in [6.45, 7) is 0. The Morgan fingerprint density at radius 1 is 0.265 bits per heavy atom. The van der Waals surface area contributed by atoms with Gasteiger partial charge in [0.15, 0.2) is 0 Å². The van der Waals surface area contributed by atoms with Crippen LogP contribution in [0.1, 0.15) is 0 Å². The fourth-order valence-electron chi connectivity index (χ4n) is 7.79. The normalized spacial score (nSPS) is 11.7. The maximum Gasteiger partial charge on any atom is 0.0355 e. The van der Waals surface area contributed by atoms with Crippen LogP contribution in [0.3, 0.4) is 0 Å². The Balaban J connectivity index is 1.13. The summed E-state index contributed by atoms with van der Waals surface area (Å²) in [5, 5.41) is 10.3. The summed E-state index contributed by atoms with van der Waals surface area (Å²) in [4.78, 5) is 0. The average Bonchev–Trinajstić information content (AvgIpc) is 3.55. The topological polar surface area (TPSA) is 0 Å². The van der Waals surface area contributed by atoms with Gasteiger partial charge in [-0.3, -0.25) is 0 Å². The van der Waals surface area contributed by atoms with Crippen LogP contribution in [0.4, 0.5) is 0 Å². The van der Waals surface area contributed by atoms with Crippen molar-refractivity contribution in [3.8, 4) is 44.5 Å². The van der Waals surface area contributed by atoms with E-state index in [9.17, 15) is 0 Å². The van der Waals surface area contributed by atoms with Crippen LogP contribution in [0.5, 0.6) is 0 Å². The number of rotatable bonds is 4. The van der Waals surface area contributed by atoms with Crippen molar-refractivity contribution in [2.45, 2.75) is 0 Å². The second-order valence-corrected chi connectivity index (χ2v) is 13.9. The Morgan fingerprint density at radius 3 is 1.43 bits per heavy atom. The van der Waals surface area contributed by atoms with Crippen LogP contribution < -0.4 is 0 Å². The quantitative estimate of drug-likeness (QED) is 0.168. The first-order chi connectivity index (χ1) is 24.3. The molecular formula is C48H30S. The van der Waals surface area contributed by atoms with E-state index >= 15 is 0 Å². The molecule has 0 bridgehead atoms. The van der Waals surface area contributed by atoms with Crippen LogP contribution in [0.2, 0.25) is 0 Å². The molecule has 0 spiro atoms. The number of thiophene rings is 1. The minimum absolute atomic E-state index is 1.22. The standard InChI is InChI=1S/C48H30S/c1-2-12-34-29-35(26-21-31(34)11-1)38-14-4-3-13-37(38)32-22-24-33(25-23-32)47-40-16-5-7-18-42(40)48(43-19-8-6-17-41(43)47)36-27-28-46-44(30-36)39-15-9-10-20-45(39)49-46/h1-30H. The third-order valence-corrected chi connectivity index (χ3v) is 11.2. The monoisotopic (exact) mass is 638 g/mol. The number of benzene rings is 9. The lowest BCUT2D eigenvalue weighted by Crippen LogP contribution is -1.91. The Labute approximate surface area is 289 Å². The summed E-state index contributed by atoms with van der Waals surface area (Å²) >= 11 is 1.87. The number of hydrogen-bond donors (Lipinski definition) is 0. The molecular weight excluding hydrogens is 609 g/mol. The minimum atomic E-state index is 1.22. The summed E-state index contributed by atoms with van der Waals surface area (Å²) in [5.74, 6) is 0. The van der Waals surface area contributed by atoms with Crippen LogP contribution in [-0.4, -0.2) is 0 Å². The zero-order valence-corrected chi connectivity index (χ0v) is 27.5. The minimum Gasteiger partial charge on any atom is -0.135 e. The van der Waals surface area contributed by atoms with Gasteiger partial charge in [-0.05, 0) is 101 Å². The van der Waals surface area contributed by atoms with E-state index in [1.54, 1.807) is 0 Å². The van der Waals surface area contributed by atoms with Crippen molar-refractivity contribution >= 4 is 63.8 Å². The van der Waals surface area contributed by atoms with E-state index in [-0.39, 0.29) is 0 Å². The summed E-state index contributed by atoms with van der Waals surface area (Å²) in [5.41, 5.74) is 10.0. The van der Waals surface area contributed by atoms with Gasteiger partial charge in [-0.2, -0.15) is 0 Å². The Morgan fingerprint density at radius 2 is 0.735 bits per heavy atom. The molecule has 0 nitrogen and oxygen atoms in total. The lowest BCUT2D eigenvalue weighted by atomic mass is 9.85. The smallest absolute Gasteiger partial charge is 0.0355 e. The third-order valence-electron chi connectivity index (χ3n) is 10.1. The van der Waals surface area contributed by atoms with Gasteiger partial charge in [-0.15, -0.1) is 11.3 Å². The first kappa shape index (κ1) is 28.0. The molecule has 1 heteroatoms. The molecule has 228 valence electrons. The van der Waals surface area contributed by atoms with E-state index in [0.717, 1.165) is 0 Å². The lowest BCUT2D eigenvalue weighted by molar-refractivity contribution is 1.59. The fourth-order valence-corrected chi connectivity index (χ4v) is 8.88. The van der Waals surface area contributed by atoms with Crippen molar-refractivity contribution in [2.24, 2.45) is 0 Å². The third kappa shape index (κ3) is 4.58.